The number of nitrogens with one attached hydrogen (secondary N) is 2. The van der Waals surface area contributed by atoms with Crippen molar-refractivity contribution in [2.75, 3.05) is 20.8 Å². The van der Waals surface area contributed by atoms with Crippen molar-refractivity contribution in [3.05, 3.63) is 52.0 Å². The van der Waals surface area contributed by atoms with Crippen molar-refractivity contribution >= 4 is 23.4 Å². The van der Waals surface area contributed by atoms with Crippen LogP contribution in [0.25, 0.3) is 0 Å². The zero-order chi connectivity index (χ0) is 20.0. The lowest BCUT2D eigenvalue weighted by atomic mass is 10.1. The van der Waals surface area contributed by atoms with Crippen LogP contribution in [0.15, 0.2) is 30.3 Å². The molecule has 0 aromatic heterocycles. The van der Waals surface area contributed by atoms with Crippen LogP contribution in [0.3, 0.4) is 0 Å². The van der Waals surface area contributed by atoms with Crippen molar-refractivity contribution in [2.24, 2.45) is 0 Å². The summed E-state index contributed by atoms with van der Waals surface area (Å²) in [6.07, 6.45) is 0. The van der Waals surface area contributed by atoms with Crippen LogP contribution in [0, 0.1) is 13.8 Å². The number of amides is 2. The van der Waals surface area contributed by atoms with E-state index in [1.54, 1.807) is 6.07 Å². The normalized spacial score (nSPS) is 10.1. The third-order valence-electron chi connectivity index (χ3n) is 3.86. The lowest BCUT2D eigenvalue weighted by Crippen LogP contribution is -2.43. The van der Waals surface area contributed by atoms with Crippen molar-refractivity contribution in [1.29, 1.82) is 0 Å². The summed E-state index contributed by atoms with van der Waals surface area (Å²) in [4.78, 5) is 24.1. The Balaban J connectivity index is 1.92. The van der Waals surface area contributed by atoms with E-state index in [2.05, 4.69) is 10.9 Å². The third kappa shape index (κ3) is 5.27. The summed E-state index contributed by atoms with van der Waals surface area (Å²) in [5.74, 6) is 0.137. The quantitative estimate of drug-likeness (QED) is 0.738. The molecule has 0 unspecified atom stereocenters. The fourth-order valence-corrected chi connectivity index (χ4v) is 2.52. The SMILES string of the molecule is COc1cc(C(=O)NNC(=O)COc2ccc(C)c(C)c2)cc(Cl)c1OC. The van der Waals surface area contributed by atoms with Gasteiger partial charge in [0.25, 0.3) is 11.8 Å². The molecule has 0 atom stereocenters. The summed E-state index contributed by atoms with van der Waals surface area (Å²) in [6, 6.07) is 8.39. The Morgan fingerprint density at radius 3 is 2.37 bits per heavy atom. The second-order valence-corrected chi connectivity index (χ2v) is 6.14. The maximum atomic E-state index is 12.2. The fourth-order valence-electron chi connectivity index (χ4n) is 2.24. The van der Waals surface area contributed by atoms with Crippen molar-refractivity contribution in [3.8, 4) is 17.2 Å². The highest BCUT2D eigenvalue weighted by Crippen LogP contribution is 2.35. The van der Waals surface area contributed by atoms with Crippen molar-refractivity contribution < 1.29 is 23.8 Å². The molecular weight excluding hydrogens is 372 g/mol. The second kappa shape index (κ2) is 9.14. The van der Waals surface area contributed by atoms with E-state index in [1.807, 2.05) is 26.0 Å². The number of methoxy groups -OCH3 is 2. The average Bonchev–Trinajstić information content (AvgIpc) is 2.66. The van der Waals surface area contributed by atoms with Gasteiger partial charge in [-0.15, -0.1) is 0 Å². The first-order valence-electron chi connectivity index (χ1n) is 8.06. The highest BCUT2D eigenvalue weighted by molar-refractivity contribution is 6.32. The monoisotopic (exact) mass is 392 g/mol. The Labute approximate surface area is 162 Å². The molecule has 2 N–H and O–H groups in total. The van der Waals surface area contributed by atoms with Crippen LogP contribution in [0.1, 0.15) is 21.5 Å². The number of aryl methyl sites for hydroxylation is 2. The van der Waals surface area contributed by atoms with E-state index in [-0.39, 0.29) is 17.2 Å². The molecule has 2 rings (SSSR count). The predicted octanol–water partition coefficient (Wildman–Crippen LogP) is 2.81. The molecule has 0 radical (unpaired) electrons. The van der Waals surface area contributed by atoms with Gasteiger partial charge in [-0.2, -0.15) is 0 Å². The van der Waals surface area contributed by atoms with Crippen molar-refractivity contribution in [1.82, 2.24) is 10.9 Å². The van der Waals surface area contributed by atoms with Crippen LogP contribution in [0.4, 0.5) is 0 Å². The van der Waals surface area contributed by atoms with Gasteiger partial charge >= 0.3 is 0 Å². The van der Waals surface area contributed by atoms with E-state index < -0.39 is 11.8 Å². The second-order valence-electron chi connectivity index (χ2n) is 5.73. The predicted molar refractivity (Wildman–Crippen MR) is 102 cm³/mol. The molecule has 7 nitrogen and oxygen atoms in total. The largest absolute Gasteiger partial charge is 0.493 e. The summed E-state index contributed by atoms with van der Waals surface area (Å²) in [7, 11) is 2.88. The maximum Gasteiger partial charge on any atom is 0.276 e. The Morgan fingerprint density at radius 2 is 1.74 bits per heavy atom. The average molecular weight is 393 g/mol. The number of hydrazine groups is 1. The number of carbonyl (C=O) groups is 2. The van der Waals surface area contributed by atoms with E-state index >= 15 is 0 Å². The number of ether oxygens (including phenoxy) is 3. The molecule has 8 heteroatoms. The number of halogens is 1. The maximum absolute atomic E-state index is 12.2. The summed E-state index contributed by atoms with van der Waals surface area (Å²) in [5.41, 5.74) is 6.98. The van der Waals surface area contributed by atoms with Gasteiger partial charge in [0.1, 0.15) is 5.75 Å². The van der Waals surface area contributed by atoms with E-state index in [0.29, 0.717) is 17.2 Å². The highest BCUT2D eigenvalue weighted by Gasteiger charge is 2.15. The first kappa shape index (κ1) is 20.4. The number of benzene rings is 2. The van der Waals surface area contributed by atoms with Gasteiger partial charge in [-0.3, -0.25) is 20.4 Å². The molecule has 0 heterocycles. The molecule has 0 aliphatic rings. The Morgan fingerprint density at radius 1 is 1.00 bits per heavy atom. The Bertz CT molecular complexity index is 854. The van der Waals surface area contributed by atoms with Crippen molar-refractivity contribution in [3.63, 3.8) is 0 Å². The minimum absolute atomic E-state index is 0.202. The smallest absolute Gasteiger partial charge is 0.276 e. The number of hydrogen-bond acceptors (Lipinski definition) is 5. The zero-order valence-corrected chi connectivity index (χ0v) is 16.3. The minimum Gasteiger partial charge on any atom is -0.493 e. The molecular formula is C19H21ClN2O5. The molecule has 2 amide bonds. The number of carbonyl (C=O) groups excluding carboxylic acids is 2. The molecule has 0 saturated heterocycles. The molecule has 0 aliphatic carbocycles. The standard InChI is InChI=1S/C19H21ClN2O5/c1-11-5-6-14(7-12(11)2)27-10-17(23)21-22-19(24)13-8-15(20)18(26-4)16(9-13)25-3/h5-9H,10H2,1-4H3,(H,21,23)(H,22,24). The summed E-state index contributed by atoms with van der Waals surface area (Å²) < 4.78 is 15.7. The molecule has 0 saturated carbocycles. The summed E-state index contributed by atoms with van der Waals surface area (Å²) >= 11 is 6.07. The molecule has 2 aromatic rings. The van der Waals surface area contributed by atoms with Crippen LogP contribution in [0.5, 0.6) is 17.2 Å². The fraction of sp³-hybridized carbons (Fsp3) is 0.263. The van der Waals surface area contributed by atoms with Gasteiger partial charge < -0.3 is 14.2 Å². The lowest BCUT2D eigenvalue weighted by Gasteiger charge is -2.12. The molecule has 0 bridgehead atoms. The molecule has 144 valence electrons. The van der Waals surface area contributed by atoms with Crippen LogP contribution in [0.2, 0.25) is 5.02 Å². The number of hydrogen-bond donors (Lipinski definition) is 2. The van der Waals surface area contributed by atoms with Crippen LogP contribution < -0.4 is 25.1 Å². The Hall–Kier alpha value is -2.93. The van der Waals surface area contributed by atoms with E-state index in [0.717, 1.165) is 11.1 Å². The van der Waals surface area contributed by atoms with Crippen LogP contribution >= 0.6 is 11.6 Å². The first-order valence-corrected chi connectivity index (χ1v) is 8.44. The minimum atomic E-state index is -0.558. The van der Waals surface area contributed by atoms with Crippen molar-refractivity contribution in [2.45, 2.75) is 13.8 Å². The zero-order valence-electron chi connectivity index (χ0n) is 15.5. The highest BCUT2D eigenvalue weighted by atomic mass is 35.5. The van der Waals surface area contributed by atoms with Gasteiger partial charge in [0, 0.05) is 5.56 Å². The van der Waals surface area contributed by atoms with Crippen LogP contribution in [-0.2, 0) is 4.79 Å². The summed E-state index contributed by atoms with van der Waals surface area (Å²) in [6.45, 7) is 3.70. The molecule has 0 fully saturated rings. The first-order chi connectivity index (χ1) is 12.8. The Kier molecular flexibility index (Phi) is 6.90. The third-order valence-corrected chi connectivity index (χ3v) is 4.14. The van der Waals surface area contributed by atoms with Gasteiger partial charge in [-0.05, 0) is 49.2 Å². The molecule has 2 aromatic carbocycles. The molecule has 0 aliphatic heterocycles. The van der Waals surface area contributed by atoms with Gasteiger partial charge in [-0.25, -0.2) is 0 Å². The van der Waals surface area contributed by atoms with Gasteiger partial charge in [0.2, 0.25) is 0 Å². The topological polar surface area (TPSA) is 85.9 Å². The number of rotatable bonds is 6. The molecule has 27 heavy (non-hydrogen) atoms. The summed E-state index contributed by atoms with van der Waals surface area (Å²) in [5, 5.41) is 0.214. The van der Waals surface area contributed by atoms with E-state index in [9.17, 15) is 9.59 Å². The van der Waals surface area contributed by atoms with Gasteiger partial charge in [0.05, 0.1) is 19.2 Å². The van der Waals surface area contributed by atoms with Gasteiger partial charge in [-0.1, -0.05) is 17.7 Å². The van der Waals surface area contributed by atoms with E-state index in [1.165, 1.54) is 26.4 Å². The van der Waals surface area contributed by atoms with E-state index in [4.69, 9.17) is 25.8 Å². The molecule has 0 spiro atoms. The lowest BCUT2D eigenvalue weighted by molar-refractivity contribution is -0.123. The van der Waals surface area contributed by atoms with Gasteiger partial charge in [0.15, 0.2) is 18.1 Å². The van der Waals surface area contributed by atoms with Crippen LogP contribution in [-0.4, -0.2) is 32.6 Å².